The zero-order valence-corrected chi connectivity index (χ0v) is 21.5. The number of rotatable bonds is 13. The fourth-order valence-electron chi connectivity index (χ4n) is 3.70. The maximum Gasteiger partial charge on any atom is 0.130 e. The van der Waals surface area contributed by atoms with Gasteiger partial charge in [-0.2, -0.15) is 0 Å². The number of hydrogen-bond donors (Lipinski definition) is 2. The van der Waals surface area contributed by atoms with E-state index in [9.17, 15) is 5.11 Å². The second-order valence-corrected chi connectivity index (χ2v) is 8.73. The van der Waals surface area contributed by atoms with Crippen LogP contribution < -0.4 is 14.8 Å². The standard InChI is InChI=1S/C30H36N2O4/c1-6-10-29(32-30-14-13-25(18-31-30)23(4)33)26-15-27(17-28(16-26)36-22(3)20-34-5)35-19-21(2)24-11-8-7-9-12-24/h7-18,21-22,33H,4,6,19-20H2,1-3,5H3,(H,31,32)/b29-10+/t21-,22?/m1/s1. The minimum absolute atomic E-state index is 0.0140. The van der Waals surface area contributed by atoms with Crippen LogP contribution in [-0.2, 0) is 4.74 Å². The number of pyridine rings is 1. The van der Waals surface area contributed by atoms with E-state index in [1.807, 2.05) is 43.3 Å². The van der Waals surface area contributed by atoms with Crippen LogP contribution in [0.5, 0.6) is 11.5 Å². The molecule has 6 heteroatoms. The summed E-state index contributed by atoms with van der Waals surface area (Å²) in [6.45, 7) is 10.8. The maximum atomic E-state index is 9.59. The Morgan fingerprint density at radius 3 is 2.42 bits per heavy atom. The third-order valence-corrected chi connectivity index (χ3v) is 5.57. The van der Waals surface area contributed by atoms with Gasteiger partial charge in [-0.25, -0.2) is 4.98 Å². The molecule has 190 valence electrons. The van der Waals surface area contributed by atoms with Crippen molar-refractivity contribution in [3.05, 3.63) is 96.2 Å². The van der Waals surface area contributed by atoms with Crippen molar-refractivity contribution in [2.24, 2.45) is 0 Å². The van der Waals surface area contributed by atoms with Crippen molar-refractivity contribution >= 4 is 17.3 Å². The van der Waals surface area contributed by atoms with Crippen LogP contribution in [0.4, 0.5) is 5.82 Å². The van der Waals surface area contributed by atoms with Crippen molar-refractivity contribution in [3.63, 3.8) is 0 Å². The molecule has 3 aromatic rings. The van der Waals surface area contributed by atoms with Gasteiger partial charge in [-0.3, -0.25) is 0 Å². The van der Waals surface area contributed by atoms with Crippen molar-refractivity contribution in [2.45, 2.75) is 39.2 Å². The molecule has 0 radical (unpaired) electrons. The molecular formula is C30H36N2O4. The summed E-state index contributed by atoms with van der Waals surface area (Å²) < 4.78 is 17.6. The first-order valence-corrected chi connectivity index (χ1v) is 12.2. The van der Waals surface area contributed by atoms with Crippen LogP contribution in [-0.4, -0.2) is 36.5 Å². The van der Waals surface area contributed by atoms with Crippen LogP contribution in [0.25, 0.3) is 11.5 Å². The van der Waals surface area contributed by atoms with E-state index in [1.54, 1.807) is 25.4 Å². The third kappa shape index (κ3) is 7.89. The Morgan fingerprint density at radius 1 is 1.03 bits per heavy atom. The molecule has 0 saturated heterocycles. The highest BCUT2D eigenvalue weighted by Crippen LogP contribution is 2.30. The van der Waals surface area contributed by atoms with Gasteiger partial charge < -0.3 is 24.6 Å². The van der Waals surface area contributed by atoms with E-state index in [2.05, 4.69) is 48.9 Å². The van der Waals surface area contributed by atoms with E-state index in [0.29, 0.717) is 30.3 Å². The SMILES string of the molecule is C=C(O)c1ccc(N/C(=C/CC)c2cc(OC[C@@H](C)c3ccccc3)cc(OC(C)COC)c2)nc1. The predicted octanol–water partition coefficient (Wildman–Crippen LogP) is 7.07. The fraction of sp³-hybridized carbons (Fsp3) is 0.300. The van der Waals surface area contributed by atoms with Crippen LogP contribution in [0.2, 0.25) is 0 Å². The smallest absolute Gasteiger partial charge is 0.130 e. The quantitative estimate of drug-likeness (QED) is 0.251. The maximum absolute atomic E-state index is 9.59. The topological polar surface area (TPSA) is 72.8 Å². The number of ether oxygens (including phenoxy) is 3. The summed E-state index contributed by atoms with van der Waals surface area (Å²) in [6.07, 6.45) is 4.38. The number of hydrogen-bond acceptors (Lipinski definition) is 6. The summed E-state index contributed by atoms with van der Waals surface area (Å²) in [4.78, 5) is 4.41. The third-order valence-electron chi connectivity index (χ3n) is 5.57. The zero-order valence-electron chi connectivity index (χ0n) is 21.5. The Kier molecular flexibility index (Phi) is 9.95. The summed E-state index contributed by atoms with van der Waals surface area (Å²) in [5.41, 5.74) is 3.60. The van der Waals surface area contributed by atoms with E-state index in [1.165, 1.54) is 5.56 Å². The number of allylic oxidation sites excluding steroid dienone is 1. The second-order valence-electron chi connectivity index (χ2n) is 8.73. The molecule has 0 saturated carbocycles. The molecule has 1 heterocycles. The zero-order chi connectivity index (χ0) is 25.9. The molecule has 0 bridgehead atoms. The second kappa shape index (κ2) is 13.4. The van der Waals surface area contributed by atoms with Gasteiger partial charge in [-0.05, 0) is 43.2 Å². The summed E-state index contributed by atoms with van der Waals surface area (Å²) in [7, 11) is 1.66. The van der Waals surface area contributed by atoms with Gasteiger partial charge in [0, 0.05) is 42.1 Å². The molecule has 36 heavy (non-hydrogen) atoms. The van der Waals surface area contributed by atoms with Gasteiger partial charge in [-0.1, -0.05) is 56.8 Å². The minimum atomic E-state index is -0.117. The van der Waals surface area contributed by atoms with Crippen molar-refractivity contribution in [3.8, 4) is 11.5 Å². The number of benzene rings is 2. The monoisotopic (exact) mass is 488 g/mol. The van der Waals surface area contributed by atoms with Gasteiger partial charge in [0.1, 0.15) is 29.2 Å². The lowest BCUT2D eigenvalue weighted by atomic mass is 10.0. The highest BCUT2D eigenvalue weighted by Gasteiger charge is 2.13. The average molecular weight is 489 g/mol. The van der Waals surface area contributed by atoms with Gasteiger partial charge in [0.2, 0.25) is 0 Å². The lowest BCUT2D eigenvalue weighted by molar-refractivity contribution is 0.0918. The molecule has 3 rings (SSSR count). The Hall–Kier alpha value is -3.77. The predicted molar refractivity (Wildman–Crippen MR) is 147 cm³/mol. The molecule has 0 amide bonds. The first-order chi connectivity index (χ1) is 17.4. The molecule has 1 unspecified atom stereocenters. The van der Waals surface area contributed by atoms with Crippen LogP contribution in [0, 0.1) is 0 Å². The normalized spacial score (nSPS) is 13.1. The number of anilines is 1. The lowest BCUT2D eigenvalue weighted by Gasteiger charge is -2.19. The van der Waals surface area contributed by atoms with E-state index < -0.39 is 0 Å². The van der Waals surface area contributed by atoms with Gasteiger partial charge in [0.15, 0.2) is 0 Å². The first kappa shape index (κ1) is 26.8. The number of nitrogens with one attached hydrogen (secondary N) is 1. The van der Waals surface area contributed by atoms with E-state index in [-0.39, 0.29) is 17.8 Å². The summed E-state index contributed by atoms with van der Waals surface area (Å²) >= 11 is 0. The number of methoxy groups -OCH3 is 1. The Bertz CT molecular complexity index is 1140. The lowest BCUT2D eigenvalue weighted by Crippen LogP contribution is -2.18. The van der Waals surface area contributed by atoms with Crippen molar-refractivity contribution < 1.29 is 19.3 Å². The minimum Gasteiger partial charge on any atom is -0.508 e. The Labute approximate surface area is 214 Å². The van der Waals surface area contributed by atoms with Crippen molar-refractivity contribution in [1.82, 2.24) is 4.98 Å². The highest BCUT2D eigenvalue weighted by molar-refractivity contribution is 5.77. The molecule has 2 N–H and O–H groups in total. The van der Waals surface area contributed by atoms with Crippen molar-refractivity contribution in [2.75, 3.05) is 25.6 Å². The first-order valence-electron chi connectivity index (χ1n) is 12.2. The summed E-state index contributed by atoms with van der Waals surface area (Å²) in [5, 5.41) is 13.0. The molecular weight excluding hydrogens is 452 g/mol. The molecule has 1 aromatic heterocycles. The fourth-order valence-corrected chi connectivity index (χ4v) is 3.70. The molecule has 2 atom stereocenters. The summed E-state index contributed by atoms with van der Waals surface area (Å²) in [6, 6.07) is 19.8. The molecule has 0 spiro atoms. The number of aliphatic hydroxyl groups excluding tert-OH is 1. The highest BCUT2D eigenvalue weighted by atomic mass is 16.5. The Balaban J connectivity index is 1.87. The van der Waals surface area contributed by atoms with Gasteiger partial charge in [0.25, 0.3) is 0 Å². The van der Waals surface area contributed by atoms with E-state index >= 15 is 0 Å². The molecule has 2 aromatic carbocycles. The molecule has 6 nitrogen and oxygen atoms in total. The van der Waals surface area contributed by atoms with Crippen molar-refractivity contribution in [1.29, 1.82) is 0 Å². The van der Waals surface area contributed by atoms with Crippen LogP contribution in [0.3, 0.4) is 0 Å². The van der Waals surface area contributed by atoms with Crippen LogP contribution >= 0.6 is 0 Å². The van der Waals surface area contributed by atoms with Crippen LogP contribution in [0.15, 0.2) is 79.5 Å². The molecule has 0 aliphatic rings. The largest absolute Gasteiger partial charge is 0.508 e. The van der Waals surface area contributed by atoms with E-state index in [0.717, 1.165) is 23.4 Å². The summed E-state index contributed by atoms with van der Waals surface area (Å²) in [5.74, 6) is 2.29. The molecule has 0 fully saturated rings. The van der Waals surface area contributed by atoms with E-state index in [4.69, 9.17) is 14.2 Å². The van der Waals surface area contributed by atoms with Gasteiger partial charge >= 0.3 is 0 Å². The van der Waals surface area contributed by atoms with Crippen LogP contribution in [0.1, 0.15) is 49.8 Å². The number of aliphatic hydroxyl groups is 1. The molecule has 0 aliphatic heterocycles. The Morgan fingerprint density at radius 2 is 1.78 bits per heavy atom. The van der Waals surface area contributed by atoms with Gasteiger partial charge in [-0.15, -0.1) is 0 Å². The molecule has 0 aliphatic carbocycles. The number of nitrogens with zero attached hydrogens (tertiary/aromatic N) is 1. The number of aromatic nitrogens is 1. The average Bonchev–Trinajstić information content (AvgIpc) is 2.88. The van der Waals surface area contributed by atoms with Gasteiger partial charge in [0.05, 0.1) is 13.2 Å².